The second-order valence-corrected chi connectivity index (χ2v) is 12.8. The fraction of sp³-hybridized carbons (Fsp3) is 0.600. The summed E-state index contributed by atoms with van der Waals surface area (Å²) in [7, 11) is -4.38. The van der Waals surface area contributed by atoms with Crippen LogP contribution in [0.5, 0.6) is 0 Å². The first-order valence-electron chi connectivity index (χ1n) is 15.1. The molecule has 0 radical (unpaired) electrons. The van der Waals surface area contributed by atoms with Crippen LogP contribution in [0.4, 0.5) is 0 Å². The van der Waals surface area contributed by atoms with E-state index in [1.54, 1.807) is 6.08 Å². The van der Waals surface area contributed by atoms with Crippen molar-refractivity contribution in [3.05, 3.63) is 81.5 Å². The van der Waals surface area contributed by atoms with Crippen molar-refractivity contribution in [3.63, 3.8) is 0 Å². The SMILES string of the molecule is CC(C)=CCC/C(C)=C/CC/C(C)=C/CC/C(C)=C/CC/C(C)=C/CC/C(C)=C/CC/C(C)=C/COP(=O)(O)O. The molecule has 0 heterocycles. The molecular weight excluding hydrogens is 515 g/mol. The molecule has 4 nitrogen and oxygen atoms in total. The molecule has 0 fully saturated rings. The van der Waals surface area contributed by atoms with Gasteiger partial charge in [-0.3, -0.25) is 4.52 Å². The molecule has 0 amide bonds. The van der Waals surface area contributed by atoms with Gasteiger partial charge in [-0.15, -0.1) is 0 Å². The van der Waals surface area contributed by atoms with E-state index in [9.17, 15) is 4.57 Å². The van der Waals surface area contributed by atoms with Crippen LogP contribution in [0, 0.1) is 0 Å². The van der Waals surface area contributed by atoms with E-state index in [2.05, 4.69) is 89.4 Å². The molecule has 40 heavy (non-hydrogen) atoms. The van der Waals surface area contributed by atoms with E-state index in [1.807, 2.05) is 6.92 Å². The molecule has 0 aromatic rings. The van der Waals surface area contributed by atoms with Gasteiger partial charge in [0.15, 0.2) is 0 Å². The highest BCUT2D eigenvalue weighted by molar-refractivity contribution is 7.46. The lowest BCUT2D eigenvalue weighted by Crippen LogP contribution is -1.89. The van der Waals surface area contributed by atoms with Crippen LogP contribution < -0.4 is 0 Å². The van der Waals surface area contributed by atoms with Crippen LogP contribution in [0.25, 0.3) is 0 Å². The zero-order chi connectivity index (χ0) is 30.4. The Labute approximate surface area is 247 Å². The minimum Gasteiger partial charge on any atom is -0.303 e. The van der Waals surface area contributed by atoms with E-state index in [0.717, 1.165) is 76.2 Å². The van der Waals surface area contributed by atoms with Gasteiger partial charge in [-0.1, -0.05) is 81.5 Å². The highest BCUT2D eigenvalue weighted by Gasteiger charge is 2.11. The maximum Gasteiger partial charge on any atom is 0.469 e. The Morgan fingerprint density at radius 1 is 0.475 bits per heavy atom. The van der Waals surface area contributed by atoms with E-state index in [1.165, 1.54) is 39.9 Å². The monoisotopic (exact) mass is 574 g/mol. The number of hydrogen-bond acceptors (Lipinski definition) is 2. The maximum atomic E-state index is 10.7. The lowest BCUT2D eigenvalue weighted by molar-refractivity contribution is 0.215. The highest BCUT2D eigenvalue weighted by Crippen LogP contribution is 2.35. The van der Waals surface area contributed by atoms with Gasteiger partial charge in [0.25, 0.3) is 0 Å². The number of allylic oxidation sites excluding steroid dienone is 13. The lowest BCUT2D eigenvalue weighted by atomic mass is 10.0. The van der Waals surface area contributed by atoms with Gasteiger partial charge in [-0.25, -0.2) is 4.57 Å². The van der Waals surface area contributed by atoms with E-state index >= 15 is 0 Å². The quantitative estimate of drug-likeness (QED) is 0.106. The summed E-state index contributed by atoms with van der Waals surface area (Å²) in [5.41, 5.74) is 9.82. The molecule has 0 atom stereocenters. The number of phosphoric ester groups is 1. The first-order valence-corrected chi connectivity index (χ1v) is 16.6. The molecule has 228 valence electrons. The van der Waals surface area contributed by atoms with Crippen molar-refractivity contribution in [2.45, 2.75) is 132 Å². The van der Waals surface area contributed by atoms with Crippen molar-refractivity contribution in [1.29, 1.82) is 0 Å². The fourth-order valence-electron chi connectivity index (χ4n) is 4.21. The molecule has 0 aliphatic carbocycles. The topological polar surface area (TPSA) is 66.8 Å². The van der Waals surface area contributed by atoms with E-state index in [-0.39, 0.29) is 6.61 Å². The van der Waals surface area contributed by atoms with Crippen molar-refractivity contribution in [3.8, 4) is 0 Å². The summed E-state index contributed by atoms with van der Waals surface area (Å²) in [5.74, 6) is 0. The lowest BCUT2D eigenvalue weighted by Gasteiger charge is -2.04. The molecule has 0 aromatic carbocycles. The second-order valence-electron chi connectivity index (χ2n) is 11.6. The Bertz CT molecular complexity index is 979. The van der Waals surface area contributed by atoms with Gasteiger partial charge in [-0.2, -0.15) is 0 Å². The summed E-state index contributed by atoms with van der Waals surface area (Å²) in [6.07, 6.45) is 29.0. The largest absolute Gasteiger partial charge is 0.469 e. The average Bonchev–Trinajstić information content (AvgIpc) is 2.83. The third-order valence-electron chi connectivity index (χ3n) is 6.92. The predicted molar refractivity (Wildman–Crippen MR) is 175 cm³/mol. The molecule has 0 aliphatic rings. The normalized spacial score (nSPS) is 14.7. The standard InChI is InChI=1S/C35H59O4P/c1-29(2)15-9-16-30(3)17-10-18-31(4)19-11-20-32(5)21-12-22-33(6)23-13-24-34(7)25-14-26-35(8)27-28-39-40(36,37)38/h15,17,19,21,23,25,27H,9-14,16,18,20,22,24,26,28H2,1-8H3,(H2,36,37,38)/b30-17+,31-19+,32-21+,33-23+,34-25+,35-27+. The Morgan fingerprint density at radius 3 is 0.975 bits per heavy atom. The van der Waals surface area contributed by atoms with Crippen LogP contribution in [0.2, 0.25) is 0 Å². The summed E-state index contributed by atoms with van der Waals surface area (Å²) >= 11 is 0. The van der Waals surface area contributed by atoms with Gasteiger partial charge in [0.1, 0.15) is 0 Å². The summed E-state index contributed by atoms with van der Waals surface area (Å²) in [4.78, 5) is 17.4. The zero-order valence-corrected chi connectivity index (χ0v) is 27.8. The molecule has 5 heteroatoms. The van der Waals surface area contributed by atoms with Crippen LogP contribution in [-0.4, -0.2) is 16.4 Å². The van der Waals surface area contributed by atoms with Gasteiger partial charge in [-0.05, 0) is 132 Å². The van der Waals surface area contributed by atoms with Crippen LogP contribution in [0.1, 0.15) is 132 Å². The number of rotatable bonds is 21. The molecule has 2 N–H and O–H groups in total. The Hall–Kier alpha value is -1.71. The van der Waals surface area contributed by atoms with Gasteiger partial charge in [0, 0.05) is 0 Å². The first-order chi connectivity index (χ1) is 18.8. The molecule has 0 rings (SSSR count). The summed E-state index contributed by atoms with van der Waals surface area (Å²) in [6.45, 7) is 17.4. The Balaban J connectivity index is 4.18. The molecule has 0 saturated carbocycles. The smallest absolute Gasteiger partial charge is 0.303 e. The van der Waals surface area contributed by atoms with Crippen LogP contribution >= 0.6 is 7.82 Å². The van der Waals surface area contributed by atoms with Gasteiger partial charge in [0.05, 0.1) is 6.61 Å². The first kappa shape index (κ1) is 38.3. The molecule has 0 unspecified atom stereocenters. The summed E-state index contributed by atoms with van der Waals surface area (Å²) < 4.78 is 15.2. The van der Waals surface area contributed by atoms with Crippen LogP contribution in [0.3, 0.4) is 0 Å². The van der Waals surface area contributed by atoms with Crippen molar-refractivity contribution in [2.24, 2.45) is 0 Å². The molecule has 0 bridgehead atoms. The number of phosphoric acid groups is 1. The maximum absolute atomic E-state index is 10.7. The molecule has 0 aliphatic heterocycles. The average molecular weight is 575 g/mol. The Kier molecular flexibility index (Phi) is 21.9. The second kappa shape index (κ2) is 22.9. The van der Waals surface area contributed by atoms with Crippen molar-refractivity contribution in [1.82, 2.24) is 0 Å². The fourth-order valence-corrected chi connectivity index (χ4v) is 4.48. The van der Waals surface area contributed by atoms with Gasteiger partial charge < -0.3 is 9.79 Å². The van der Waals surface area contributed by atoms with Crippen molar-refractivity contribution in [2.75, 3.05) is 6.61 Å². The van der Waals surface area contributed by atoms with Crippen molar-refractivity contribution >= 4 is 7.82 Å². The van der Waals surface area contributed by atoms with Crippen molar-refractivity contribution < 1.29 is 18.9 Å². The minimum absolute atomic E-state index is 0.0518. The molecule has 0 aromatic heterocycles. The third kappa shape index (κ3) is 26.5. The van der Waals surface area contributed by atoms with Crippen LogP contribution in [-0.2, 0) is 9.09 Å². The zero-order valence-electron chi connectivity index (χ0n) is 26.9. The van der Waals surface area contributed by atoms with Gasteiger partial charge in [0.2, 0.25) is 0 Å². The van der Waals surface area contributed by atoms with E-state index in [4.69, 9.17) is 9.79 Å². The van der Waals surface area contributed by atoms with E-state index < -0.39 is 7.82 Å². The summed E-state index contributed by atoms with van der Waals surface area (Å²) in [6, 6.07) is 0. The van der Waals surface area contributed by atoms with Crippen LogP contribution in [0.15, 0.2) is 81.5 Å². The van der Waals surface area contributed by atoms with E-state index in [0.29, 0.717) is 0 Å². The minimum atomic E-state index is -4.38. The van der Waals surface area contributed by atoms with Gasteiger partial charge >= 0.3 is 7.82 Å². The third-order valence-corrected chi connectivity index (χ3v) is 7.41. The molecule has 0 spiro atoms. The predicted octanol–water partition coefficient (Wildman–Crippen LogP) is 11.4. The Morgan fingerprint density at radius 2 is 0.725 bits per heavy atom. The number of hydrogen-bond donors (Lipinski definition) is 2. The molecule has 0 saturated heterocycles. The summed E-state index contributed by atoms with van der Waals surface area (Å²) in [5, 5.41) is 0. The molecular formula is C35H59O4P. The highest BCUT2D eigenvalue weighted by atomic mass is 31.2.